The Hall–Kier alpha value is -2.50. The lowest BCUT2D eigenvalue weighted by Gasteiger charge is -2.33. The van der Waals surface area contributed by atoms with Gasteiger partial charge < -0.3 is 19.4 Å². The van der Waals surface area contributed by atoms with E-state index in [0.717, 1.165) is 12.8 Å². The Labute approximate surface area is 159 Å². The van der Waals surface area contributed by atoms with Gasteiger partial charge in [0.25, 0.3) is 0 Å². The highest BCUT2D eigenvalue weighted by molar-refractivity contribution is 5.75. The van der Waals surface area contributed by atoms with Gasteiger partial charge in [-0.25, -0.2) is 9.18 Å². The topological polar surface area (TPSA) is 54.7 Å². The molecular formula is C21H27FN2O3. The average molecular weight is 374 g/mol. The first-order chi connectivity index (χ1) is 12.8. The Morgan fingerprint density at radius 3 is 2.63 bits per heavy atom. The number of rotatable bonds is 4. The third-order valence-corrected chi connectivity index (χ3v) is 4.63. The zero-order valence-electron chi connectivity index (χ0n) is 16.1. The van der Waals surface area contributed by atoms with Gasteiger partial charge in [-0.2, -0.15) is 0 Å². The van der Waals surface area contributed by atoms with E-state index in [1.54, 1.807) is 23.3 Å². The lowest BCUT2D eigenvalue weighted by Crippen LogP contribution is -2.42. The van der Waals surface area contributed by atoms with Crippen molar-refractivity contribution in [1.82, 2.24) is 4.90 Å². The monoisotopic (exact) mass is 374 g/mol. The Kier molecular flexibility index (Phi) is 5.73. The van der Waals surface area contributed by atoms with Gasteiger partial charge in [0, 0.05) is 25.2 Å². The molecule has 0 aliphatic carbocycles. The number of carbonyl (C=O) groups is 1. The fraction of sp³-hybridized carbons (Fsp3) is 0.476. The molecule has 0 spiro atoms. The molecule has 6 heteroatoms. The van der Waals surface area contributed by atoms with Crippen LogP contribution < -0.4 is 5.32 Å². The summed E-state index contributed by atoms with van der Waals surface area (Å²) in [5, 5.41) is 3.25. The number of halogens is 1. The van der Waals surface area contributed by atoms with E-state index in [2.05, 4.69) is 5.32 Å². The van der Waals surface area contributed by atoms with Crippen LogP contribution in [0.2, 0.25) is 0 Å². The maximum Gasteiger partial charge on any atom is 0.410 e. The molecule has 1 amide bonds. The van der Waals surface area contributed by atoms with E-state index in [0.29, 0.717) is 42.6 Å². The van der Waals surface area contributed by atoms with Crippen molar-refractivity contribution in [3.63, 3.8) is 0 Å². The summed E-state index contributed by atoms with van der Waals surface area (Å²) in [4.78, 5) is 13.9. The zero-order valence-corrected chi connectivity index (χ0v) is 16.1. The average Bonchev–Trinajstić information content (AvgIpc) is 3.14. The number of anilines is 1. The summed E-state index contributed by atoms with van der Waals surface area (Å²) in [6.07, 6.45) is 3.03. The molecule has 146 valence electrons. The molecular weight excluding hydrogens is 347 g/mol. The van der Waals surface area contributed by atoms with Crippen LogP contribution in [-0.4, -0.2) is 36.2 Å². The van der Waals surface area contributed by atoms with Gasteiger partial charge in [-0.15, -0.1) is 0 Å². The van der Waals surface area contributed by atoms with Crippen LogP contribution >= 0.6 is 0 Å². The number of nitrogens with zero attached hydrogens (tertiary/aromatic N) is 1. The van der Waals surface area contributed by atoms with Crippen molar-refractivity contribution >= 4 is 11.8 Å². The van der Waals surface area contributed by atoms with E-state index in [4.69, 9.17) is 9.15 Å². The number of hydrogen-bond acceptors (Lipinski definition) is 4. The molecule has 0 unspecified atom stereocenters. The van der Waals surface area contributed by atoms with Crippen LogP contribution in [0.25, 0.3) is 11.3 Å². The predicted molar refractivity (Wildman–Crippen MR) is 103 cm³/mol. The van der Waals surface area contributed by atoms with Crippen LogP contribution in [0.5, 0.6) is 0 Å². The predicted octanol–water partition coefficient (Wildman–Crippen LogP) is 5.14. The van der Waals surface area contributed by atoms with Crippen LogP contribution in [0.15, 0.2) is 41.0 Å². The molecule has 2 heterocycles. The van der Waals surface area contributed by atoms with E-state index < -0.39 is 5.60 Å². The van der Waals surface area contributed by atoms with Gasteiger partial charge >= 0.3 is 6.09 Å². The Balaban J connectivity index is 1.56. The third kappa shape index (κ3) is 5.02. The van der Waals surface area contributed by atoms with Gasteiger partial charge in [-0.05, 0) is 63.8 Å². The van der Waals surface area contributed by atoms with E-state index in [-0.39, 0.29) is 11.9 Å². The Bertz CT molecular complexity index is 760. The van der Waals surface area contributed by atoms with Crippen molar-refractivity contribution < 1.29 is 18.3 Å². The van der Waals surface area contributed by atoms with Crippen LogP contribution in [0, 0.1) is 11.7 Å². The number of hydrogen-bond donors (Lipinski definition) is 1. The molecule has 3 rings (SSSR count). The van der Waals surface area contributed by atoms with E-state index in [1.807, 2.05) is 32.9 Å². The minimum Gasteiger partial charge on any atom is -0.464 e. The van der Waals surface area contributed by atoms with Crippen molar-refractivity contribution in [3.8, 4) is 11.3 Å². The van der Waals surface area contributed by atoms with Gasteiger partial charge in [0.05, 0.1) is 12.0 Å². The number of benzene rings is 1. The minimum absolute atomic E-state index is 0.261. The normalized spacial score (nSPS) is 15.6. The summed E-state index contributed by atoms with van der Waals surface area (Å²) >= 11 is 0. The molecule has 27 heavy (non-hydrogen) atoms. The first-order valence-corrected chi connectivity index (χ1v) is 9.37. The maximum atomic E-state index is 14.3. The number of ether oxygens (including phenoxy) is 1. The van der Waals surface area contributed by atoms with Crippen molar-refractivity contribution in [2.75, 3.05) is 25.0 Å². The Morgan fingerprint density at radius 1 is 1.26 bits per heavy atom. The lowest BCUT2D eigenvalue weighted by molar-refractivity contribution is 0.0188. The van der Waals surface area contributed by atoms with Crippen molar-refractivity contribution in [2.24, 2.45) is 5.92 Å². The molecule has 1 aromatic carbocycles. The first-order valence-electron chi connectivity index (χ1n) is 9.37. The molecule has 1 fully saturated rings. The second kappa shape index (κ2) is 8.03. The van der Waals surface area contributed by atoms with Crippen molar-refractivity contribution in [1.29, 1.82) is 0 Å². The highest BCUT2D eigenvalue weighted by Gasteiger charge is 2.27. The molecule has 1 aromatic heterocycles. The van der Waals surface area contributed by atoms with Crippen molar-refractivity contribution in [2.45, 2.75) is 39.2 Å². The number of nitrogens with one attached hydrogen (secondary N) is 1. The summed E-state index contributed by atoms with van der Waals surface area (Å²) in [5.41, 5.74) is 0.691. The number of furan rings is 1. The molecule has 1 aliphatic rings. The molecule has 5 nitrogen and oxygen atoms in total. The fourth-order valence-corrected chi connectivity index (χ4v) is 3.23. The number of piperidine rings is 1. The summed E-state index contributed by atoms with van der Waals surface area (Å²) < 4.78 is 25.2. The van der Waals surface area contributed by atoms with Crippen LogP contribution in [0.3, 0.4) is 0 Å². The second-order valence-corrected chi connectivity index (χ2v) is 7.93. The summed E-state index contributed by atoms with van der Waals surface area (Å²) in [7, 11) is 0. The van der Waals surface area contributed by atoms with Crippen LogP contribution in [0.4, 0.5) is 14.9 Å². The molecule has 2 aromatic rings. The lowest BCUT2D eigenvalue weighted by atomic mass is 9.96. The molecule has 1 aliphatic heterocycles. The van der Waals surface area contributed by atoms with Gasteiger partial charge in [-0.3, -0.25) is 0 Å². The maximum absolute atomic E-state index is 14.3. The number of carbonyl (C=O) groups excluding carboxylic acids is 1. The fourth-order valence-electron chi connectivity index (χ4n) is 3.23. The number of amides is 1. The van der Waals surface area contributed by atoms with Crippen molar-refractivity contribution in [3.05, 3.63) is 42.4 Å². The molecule has 1 saturated heterocycles. The zero-order chi connectivity index (χ0) is 19.4. The second-order valence-electron chi connectivity index (χ2n) is 7.93. The molecule has 0 saturated carbocycles. The summed E-state index contributed by atoms with van der Waals surface area (Å²) in [6, 6.07) is 8.57. The van der Waals surface area contributed by atoms with E-state index in [1.165, 1.54) is 6.07 Å². The SMILES string of the molecule is CC(C)(C)OC(=O)N1CCC(CNc2c(F)cccc2-c2ccco2)CC1. The number of para-hydroxylation sites is 1. The number of likely N-dealkylation sites (tertiary alicyclic amines) is 1. The van der Waals surface area contributed by atoms with Crippen LogP contribution in [0.1, 0.15) is 33.6 Å². The summed E-state index contributed by atoms with van der Waals surface area (Å²) in [5.74, 6) is 0.708. The smallest absolute Gasteiger partial charge is 0.410 e. The quantitative estimate of drug-likeness (QED) is 0.805. The van der Waals surface area contributed by atoms with Gasteiger partial charge in [0.1, 0.15) is 17.2 Å². The molecule has 1 N–H and O–H groups in total. The van der Waals surface area contributed by atoms with Crippen LogP contribution in [-0.2, 0) is 4.74 Å². The highest BCUT2D eigenvalue weighted by Crippen LogP contribution is 2.31. The van der Waals surface area contributed by atoms with E-state index in [9.17, 15) is 9.18 Å². The van der Waals surface area contributed by atoms with Gasteiger partial charge in [0.2, 0.25) is 0 Å². The van der Waals surface area contributed by atoms with E-state index >= 15 is 0 Å². The molecule has 0 atom stereocenters. The first kappa shape index (κ1) is 19.3. The standard InChI is InChI=1S/C21H27FN2O3/c1-21(2,3)27-20(25)24-11-9-15(10-12-24)14-23-19-16(6-4-7-17(19)22)18-8-5-13-26-18/h4-8,13,15,23H,9-12,14H2,1-3H3. The van der Waals surface area contributed by atoms with Gasteiger partial charge in [-0.1, -0.05) is 6.07 Å². The third-order valence-electron chi connectivity index (χ3n) is 4.63. The molecule has 0 radical (unpaired) electrons. The minimum atomic E-state index is -0.484. The molecule has 0 bridgehead atoms. The Morgan fingerprint density at radius 2 is 2.00 bits per heavy atom. The summed E-state index contributed by atoms with van der Waals surface area (Å²) in [6.45, 7) is 7.57. The highest BCUT2D eigenvalue weighted by atomic mass is 19.1. The van der Waals surface area contributed by atoms with Gasteiger partial charge in [0.15, 0.2) is 0 Å². The largest absolute Gasteiger partial charge is 0.464 e.